The zero-order valence-corrected chi connectivity index (χ0v) is 8.76. The molecule has 0 heterocycles. The molecule has 11 heavy (non-hydrogen) atoms. The van der Waals surface area contributed by atoms with Crippen molar-refractivity contribution < 1.29 is 32.8 Å². The summed E-state index contributed by atoms with van der Waals surface area (Å²) >= 11 is 0. The van der Waals surface area contributed by atoms with Crippen LogP contribution < -0.4 is 17.0 Å². The summed E-state index contributed by atoms with van der Waals surface area (Å²) in [5, 5.41) is 8.45. The maximum Gasteiger partial charge on any atom is 1.00 e. The average Bonchev–Trinajstić information content (AvgIpc) is 1.59. The Balaban J connectivity index is -0.000000405. The quantitative estimate of drug-likeness (QED) is 0.424. The van der Waals surface area contributed by atoms with Gasteiger partial charge in [0.25, 0.3) is 0 Å². The molecule has 0 saturated carbocycles. The van der Waals surface area contributed by atoms with Crippen LogP contribution in [0.5, 0.6) is 0 Å². The molecule has 0 atom stereocenters. The number of rotatable bonds is 4. The Kier molecular flexibility index (Phi) is 6.81. The van der Waals surface area contributed by atoms with Gasteiger partial charge in [-0.05, 0) is 6.54 Å². The Bertz CT molecular complexity index is 131. The zero-order chi connectivity index (χ0) is 8.20. The molecule has 0 amide bonds. The van der Waals surface area contributed by atoms with E-state index in [1.165, 1.54) is 0 Å². The van der Waals surface area contributed by atoms with E-state index in [-0.39, 0.29) is 25.0 Å². The number of carboxylic acid groups (broad SMARTS) is 1. The van der Waals surface area contributed by atoms with Crippen molar-refractivity contribution in [1.29, 1.82) is 0 Å². The molecule has 3 nitrogen and oxygen atoms in total. The minimum Gasteiger partial charge on any atom is -1.00 e. The highest BCUT2D eigenvalue weighted by atomic mass is 79.9. The molecular weight excluding hydrogens is 210 g/mol. The van der Waals surface area contributed by atoms with E-state index < -0.39 is 5.97 Å². The van der Waals surface area contributed by atoms with Crippen LogP contribution in [0.2, 0.25) is 0 Å². The summed E-state index contributed by atoms with van der Waals surface area (Å²) in [4.78, 5) is 10.3. The smallest absolute Gasteiger partial charge is 1.00 e. The Morgan fingerprint density at radius 1 is 1.64 bits per heavy atom. The van der Waals surface area contributed by atoms with Crippen LogP contribution in [0.4, 0.5) is 0 Å². The van der Waals surface area contributed by atoms with Gasteiger partial charge < -0.3 is 26.6 Å². The van der Waals surface area contributed by atoms with Crippen LogP contribution >= 0.6 is 0 Å². The third-order valence-corrected chi connectivity index (χ3v) is 1.24. The first-order valence-electron chi connectivity index (χ1n) is 3.29. The lowest BCUT2D eigenvalue weighted by Gasteiger charge is -2.31. The number of aliphatic carboxylic acids is 1. The minimum absolute atomic E-state index is 0. The summed E-state index contributed by atoms with van der Waals surface area (Å²) in [6.45, 7) is 2.92. The molecule has 68 valence electrons. The molecule has 0 radical (unpaired) electrons. The minimum atomic E-state index is -0.744. The SMILES string of the molecule is C[CH-]C[N+](C)(C)CC(=O)O.[Br-].[H+]. The summed E-state index contributed by atoms with van der Waals surface area (Å²) in [7, 11) is 3.79. The van der Waals surface area contributed by atoms with Crippen LogP contribution in [0.3, 0.4) is 0 Å². The molecule has 0 rings (SSSR count). The number of carbonyl (C=O) groups is 1. The molecule has 0 aliphatic heterocycles. The lowest BCUT2D eigenvalue weighted by atomic mass is 10.4. The molecule has 1 N–H and O–H groups in total. The van der Waals surface area contributed by atoms with Gasteiger partial charge in [-0.3, -0.25) is 6.42 Å². The normalized spacial score (nSPS) is 10.5. The molecule has 0 unspecified atom stereocenters. The first kappa shape index (κ1) is 13.5. The second kappa shape index (κ2) is 5.55. The first-order valence-corrected chi connectivity index (χ1v) is 3.29. The van der Waals surface area contributed by atoms with E-state index in [1.807, 2.05) is 27.4 Å². The number of hydrogen-bond acceptors (Lipinski definition) is 1. The Hall–Kier alpha value is -0.0900. The van der Waals surface area contributed by atoms with Crippen LogP contribution in [0, 0.1) is 6.42 Å². The van der Waals surface area contributed by atoms with Gasteiger partial charge in [0.15, 0.2) is 6.54 Å². The van der Waals surface area contributed by atoms with E-state index in [0.29, 0.717) is 4.48 Å². The highest BCUT2D eigenvalue weighted by Crippen LogP contribution is 1.96. The fraction of sp³-hybridized carbons (Fsp3) is 0.714. The molecule has 4 heteroatoms. The van der Waals surface area contributed by atoms with Crippen molar-refractivity contribution >= 4 is 5.97 Å². The predicted octanol–water partition coefficient (Wildman–Crippen LogP) is -2.51. The Morgan fingerprint density at radius 3 is 2.36 bits per heavy atom. The Morgan fingerprint density at radius 2 is 2.09 bits per heavy atom. The van der Waals surface area contributed by atoms with Crippen LogP contribution in [-0.4, -0.2) is 42.7 Å². The van der Waals surface area contributed by atoms with E-state index in [9.17, 15) is 4.79 Å². The third kappa shape index (κ3) is 7.81. The van der Waals surface area contributed by atoms with Crippen LogP contribution in [0.1, 0.15) is 8.35 Å². The third-order valence-electron chi connectivity index (χ3n) is 1.24. The van der Waals surface area contributed by atoms with Gasteiger partial charge in [-0.2, -0.15) is 6.92 Å². The molecule has 0 spiro atoms. The lowest BCUT2D eigenvalue weighted by Crippen LogP contribution is -3.00. The molecular formula is C7H16BrNO2. The van der Waals surface area contributed by atoms with Gasteiger partial charge in [0.2, 0.25) is 0 Å². The van der Waals surface area contributed by atoms with Crippen molar-refractivity contribution in [2.45, 2.75) is 6.92 Å². The molecule has 0 aliphatic rings. The number of likely N-dealkylation sites (N-methyl/N-ethyl adjacent to an activating group) is 1. The van der Waals surface area contributed by atoms with Crippen molar-refractivity contribution in [3.8, 4) is 0 Å². The van der Waals surface area contributed by atoms with E-state index in [1.54, 1.807) is 0 Å². The zero-order valence-electron chi connectivity index (χ0n) is 8.17. The van der Waals surface area contributed by atoms with Crippen molar-refractivity contribution in [3.63, 3.8) is 0 Å². The highest BCUT2D eigenvalue weighted by Gasteiger charge is 2.13. The largest absolute Gasteiger partial charge is 1.00 e. The monoisotopic (exact) mass is 225 g/mol. The van der Waals surface area contributed by atoms with Gasteiger partial charge in [0, 0.05) is 0 Å². The molecule has 0 aliphatic carbocycles. The molecule has 0 saturated heterocycles. The second-order valence-electron chi connectivity index (χ2n) is 3.08. The van der Waals surface area contributed by atoms with Gasteiger partial charge in [0.05, 0.1) is 14.1 Å². The van der Waals surface area contributed by atoms with Gasteiger partial charge in [0.1, 0.15) is 0 Å². The van der Waals surface area contributed by atoms with E-state index >= 15 is 0 Å². The standard InChI is InChI=1S/C7H15NO2.BrH/c1-4-5-8(2,3)6-7(9)10;/h4H,5-6H2,1-3H3,(H,9,10);1H. The van der Waals surface area contributed by atoms with E-state index in [0.717, 1.165) is 6.54 Å². The number of carboxylic acids is 1. The maximum atomic E-state index is 10.3. The summed E-state index contributed by atoms with van der Waals surface area (Å²) in [5.41, 5.74) is 0. The maximum absolute atomic E-state index is 10.3. The molecule has 0 aromatic heterocycles. The number of hydrogen-bond donors (Lipinski definition) is 1. The fourth-order valence-electron chi connectivity index (χ4n) is 0.925. The van der Waals surface area contributed by atoms with Crippen LogP contribution in [0.15, 0.2) is 0 Å². The predicted molar refractivity (Wildman–Crippen MR) is 40.6 cm³/mol. The number of nitrogens with zero attached hydrogens (tertiary/aromatic N) is 1. The number of halogens is 1. The van der Waals surface area contributed by atoms with Gasteiger partial charge in [-0.25, -0.2) is 4.79 Å². The molecule has 0 aromatic rings. The van der Waals surface area contributed by atoms with Crippen molar-refractivity contribution in [2.24, 2.45) is 0 Å². The molecule has 0 aromatic carbocycles. The molecule has 0 bridgehead atoms. The van der Waals surface area contributed by atoms with Crippen molar-refractivity contribution in [2.75, 3.05) is 27.2 Å². The topological polar surface area (TPSA) is 37.3 Å². The fourth-order valence-corrected chi connectivity index (χ4v) is 0.925. The van der Waals surface area contributed by atoms with E-state index in [2.05, 4.69) is 0 Å². The van der Waals surface area contributed by atoms with Gasteiger partial charge in [-0.15, -0.1) is 0 Å². The van der Waals surface area contributed by atoms with Crippen molar-refractivity contribution in [1.82, 2.24) is 0 Å². The van der Waals surface area contributed by atoms with Gasteiger partial charge >= 0.3 is 7.40 Å². The summed E-state index contributed by atoms with van der Waals surface area (Å²) in [6, 6.07) is 0. The lowest BCUT2D eigenvalue weighted by molar-refractivity contribution is -0.878. The second-order valence-corrected chi connectivity index (χ2v) is 3.08. The summed E-state index contributed by atoms with van der Waals surface area (Å²) in [5.74, 6) is -0.744. The summed E-state index contributed by atoms with van der Waals surface area (Å²) in [6.07, 6.45) is 1.98. The van der Waals surface area contributed by atoms with Crippen LogP contribution in [-0.2, 0) is 4.79 Å². The molecule has 0 fully saturated rings. The Labute approximate surface area is 79.9 Å². The highest BCUT2D eigenvalue weighted by molar-refractivity contribution is 5.67. The van der Waals surface area contributed by atoms with Crippen molar-refractivity contribution in [3.05, 3.63) is 6.42 Å². The van der Waals surface area contributed by atoms with Crippen LogP contribution in [0.25, 0.3) is 0 Å². The number of quaternary nitrogens is 1. The summed E-state index contributed by atoms with van der Waals surface area (Å²) < 4.78 is 0.520. The van der Waals surface area contributed by atoms with Gasteiger partial charge in [-0.1, -0.05) is 0 Å². The average molecular weight is 226 g/mol. The first-order chi connectivity index (χ1) is 4.48. The van der Waals surface area contributed by atoms with E-state index in [4.69, 9.17) is 5.11 Å².